The quantitative estimate of drug-likeness (QED) is 0.227. The van der Waals surface area contributed by atoms with Gasteiger partial charge in [0.15, 0.2) is 0 Å². The zero-order valence-electron chi connectivity index (χ0n) is 14.6. The molecule has 0 saturated heterocycles. The molecule has 0 atom stereocenters. The first-order valence-electron chi connectivity index (χ1n) is 9.40. The first kappa shape index (κ1) is 21.5. The van der Waals surface area contributed by atoms with E-state index in [1.54, 1.807) is 0 Å². The minimum absolute atomic E-state index is 0.0252. The summed E-state index contributed by atoms with van der Waals surface area (Å²) in [4.78, 5) is 11.1. The summed E-state index contributed by atoms with van der Waals surface area (Å²) in [6, 6.07) is 0. The number of rotatable bonds is 16. The van der Waals surface area contributed by atoms with Gasteiger partial charge in [0, 0.05) is 18.2 Å². The maximum Gasteiger partial charge on any atom is 0.203 e. The molecule has 0 unspecified atom stereocenters. The van der Waals surface area contributed by atoms with Crippen molar-refractivity contribution in [2.75, 3.05) is 0 Å². The van der Waals surface area contributed by atoms with Crippen molar-refractivity contribution in [3.8, 4) is 5.40 Å². The Morgan fingerprint density at radius 2 is 1.09 bits per heavy atom. The van der Waals surface area contributed by atoms with Crippen LogP contribution in [0.1, 0.15) is 110 Å². The monoisotopic (exact) mass is 325 g/mol. The topological polar surface area (TPSA) is 40.9 Å². The van der Waals surface area contributed by atoms with Crippen LogP contribution in [0.5, 0.6) is 0 Å². The normalized spacial score (nSPS) is 10.5. The predicted octanol–water partition coefficient (Wildman–Crippen LogP) is 6.99. The summed E-state index contributed by atoms with van der Waals surface area (Å²) in [5.41, 5.74) is 0. The zero-order chi connectivity index (χ0) is 16.3. The van der Waals surface area contributed by atoms with E-state index in [0.717, 1.165) is 24.6 Å². The summed E-state index contributed by atoms with van der Waals surface area (Å²) < 4.78 is 0. The molecule has 0 N–H and O–H groups in total. The molecule has 0 heterocycles. The third-order valence-electron chi connectivity index (χ3n) is 4.14. The van der Waals surface area contributed by atoms with Crippen LogP contribution in [0.25, 0.3) is 0 Å². The Morgan fingerprint density at radius 1 is 0.727 bits per heavy atom. The van der Waals surface area contributed by atoms with Crippen LogP contribution in [0.15, 0.2) is 0 Å². The van der Waals surface area contributed by atoms with Crippen LogP contribution in [0.2, 0.25) is 0 Å². The van der Waals surface area contributed by atoms with Gasteiger partial charge in [0.05, 0.1) is 0 Å². The van der Waals surface area contributed by atoms with Gasteiger partial charge in [-0.25, -0.2) is 0 Å². The third-order valence-corrected chi connectivity index (χ3v) is 4.67. The average Bonchev–Trinajstić information content (AvgIpc) is 2.51. The first-order chi connectivity index (χ1) is 10.8. The Hall–Kier alpha value is -0.490. The number of nitriles is 1. The SMILES string of the molecule is CCCCCCCCCCCCCCCCCC(=O)SC#N. The number of carbonyl (C=O) groups is 1. The summed E-state index contributed by atoms with van der Waals surface area (Å²) in [5.74, 6) is 0. The molecule has 0 saturated carbocycles. The van der Waals surface area contributed by atoms with Gasteiger partial charge in [-0.05, 0) is 6.42 Å². The van der Waals surface area contributed by atoms with Crippen molar-refractivity contribution in [2.45, 2.75) is 110 Å². The van der Waals surface area contributed by atoms with Crippen LogP contribution in [0, 0.1) is 10.7 Å². The molecule has 3 heteroatoms. The van der Waals surface area contributed by atoms with E-state index in [4.69, 9.17) is 5.26 Å². The van der Waals surface area contributed by atoms with Crippen molar-refractivity contribution in [3.63, 3.8) is 0 Å². The Morgan fingerprint density at radius 3 is 1.45 bits per heavy atom. The lowest BCUT2D eigenvalue weighted by Crippen LogP contribution is -1.89. The van der Waals surface area contributed by atoms with Gasteiger partial charge < -0.3 is 0 Å². The largest absolute Gasteiger partial charge is 0.286 e. The number of thioether (sulfide) groups is 1. The van der Waals surface area contributed by atoms with Gasteiger partial charge >= 0.3 is 0 Å². The highest BCUT2D eigenvalue weighted by atomic mass is 32.2. The fourth-order valence-electron chi connectivity index (χ4n) is 2.74. The Labute approximate surface area is 142 Å². The van der Waals surface area contributed by atoms with Crippen LogP contribution < -0.4 is 0 Å². The fraction of sp³-hybridized carbons (Fsp3) is 0.895. The maximum atomic E-state index is 11.1. The molecule has 0 aliphatic heterocycles. The summed E-state index contributed by atoms with van der Waals surface area (Å²) in [7, 11) is 0. The zero-order valence-corrected chi connectivity index (χ0v) is 15.4. The molecule has 0 spiro atoms. The number of unbranched alkanes of at least 4 members (excludes halogenated alkanes) is 14. The highest BCUT2D eigenvalue weighted by molar-refractivity contribution is 8.17. The van der Waals surface area contributed by atoms with Gasteiger partial charge in [-0.15, -0.1) is 0 Å². The molecule has 2 nitrogen and oxygen atoms in total. The molecule has 0 fully saturated rings. The summed E-state index contributed by atoms with van der Waals surface area (Å²) in [6.45, 7) is 2.27. The first-order valence-corrected chi connectivity index (χ1v) is 10.2. The Bertz CT molecular complexity index is 286. The van der Waals surface area contributed by atoms with Crippen molar-refractivity contribution in [2.24, 2.45) is 0 Å². The van der Waals surface area contributed by atoms with Crippen LogP contribution in [-0.4, -0.2) is 5.12 Å². The van der Waals surface area contributed by atoms with E-state index in [0.29, 0.717) is 6.42 Å². The fourth-order valence-corrected chi connectivity index (χ4v) is 3.09. The molecule has 128 valence electrons. The standard InChI is InChI=1S/C19H35NOS/c1-2-3-4-5-6-7-8-9-10-11-12-13-14-15-16-17-19(21)22-18-20/h2-17H2,1H3. The lowest BCUT2D eigenvalue weighted by molar-refractivity contribution is -0.111. The molecule has 0 rings (SSSR count). The van der Waals surface area contributed by atoms with E-state index in [9.17, 15) is 4.79 Å². The van der Waals surface area contributed by atoms with Crippen LogP contribution in [-0.2, 0) is 4.79 Å². The van der Waals surface area contributed by atoms with E-state index >= 15 is 0 Å². The maximum absolute atomic E-state index is 11.1. The Balaban J connectivity index is 3.03. The molecule has 0 aromatic heterocycles. The molecule has 22 heavy (non-hydrogen) atoms. The predicted molar refractivity (Wildman–Crippen MR) is 97.8 cm³/mol. The second-order valence-corrected chi connectivity index (χ2v) is 7.11. The van der Waals surface area contributed by atoms with Gasteiger partial charge in [0.2, 0.25) is 5.12 Å². The number of carbonyl (C=O) groups excluding carboxylic acids is 1. The van der Waals surface area contributed by atoms with Gasteiger partial charge in [-0.1, -0.05) is 96.8 Å². The van der Waals surface area contributed by atoms with Crippen LogP contribution >= 0.6 is 11.8 Å². The van der Waals surface area contributed by atoms with E-state index in [1.165, 1.54) is 83.5 Å². The second kappa shape index (κ2) is 18.6. The summed E-state index contributed by atoms with van der Waals surface area (Å²) in [6.07, 6.45) is 20.6. The van der Waals surface area contributed by atoms with E-state index in [1.807, 2.05) is 5.40 Å². The van der Waals surface area contributed by atoms with Crippen molar-refractivity contribution in [3.05, 3.63) is 0 Å². The van der Waals surface area contributed by atoms with E-state index in [2.05, 4.69) is 6.92 Å². The molecule has 0 radical (unpaired) electrons. The van der Waals surface area contributed by atoms with Crippen molar-refractivity contribution < 1.29 is 4.79 Å². The minimum Gasteiger partial charge on any atom is -0.286 e. The highest BCUT2D eigenvalue weighted by Gasteiger charge is 2.01. The lowest BCUT2D eigenvalue weighted by Gasteiger charge is -2.03. The molecular weight excluding hydrogens is 290 g/mol. The summed E-state index contributed by atoms with van der Waals surface area (Å²) >= 11 is 0.784. The number of nitrogens with zero attached hydrogens (tertiary/aromatic N) is 1. The third kappa shape index (κ3) is 17.6. The molecule has 0 aliphatic carbocycles. The second-order valence-electron chi connectivity index (χ2n) is 6.27. The van der Waals surface area contributed by atoms with Gasteiger partial charge in [0.1, 0.15) is 5.40 Å². The molecule has 0 aliphatic rings. The smallest absolute Gasteiger partial charge is 0.203 e. The van der Waals surface area contributed by atoms with Gasteiger partial charge in [-0.3, -0.25) is 4.79 Å². The van der Waals surface area contributed by atoms with Crippen LogP contribution in [0.3, 0.4) is 0 Å². The molecule has 0 bridgehead atoms. The average molecular weight is 326 g/mol. The lowest BCUT2D eigenvalue weighted by atomic mass is 10.0. The van der Waals surface area contributed by atoms with Crippen molar-refractivity contribution >= 4 is 16.9 Å². The molecular formula is C19H35NOS. The van der Waals surface area contributed by atoms with E-state index in [-0.39, 0.29) is 5.12 Å². The van der Waals surface area contributed by atoms with Crippen molar-refractivity contribution in [1.29, 1.82) is 5.26 Å². The highest BCUT2D eigenvalue weighted by Crippen LogP contribution is 2.14. The van der Waals surface area contributed by atoms with Gasteiger partial charge in [0.25, 0.3) is 0 Å². The molecule has 0 aromatic rings. The molecule has 0 aromatic carbocycles. The number of thiocyanates is 1. The van der Waals surface area contributed by atoms with Crippen molar-refractivity contribution in [1.82, 2.24) is 0 Å². The summed E-state index contributed by atoms with van der Waals surface area (Å²) in [5, 5.41) is 10.2. The molecule has 0 amide bonds. The Kier molecular flexibility index (Phi) is 18.1. The van der Waals surface area contributed by atoms with Crippen LogP contribution in [0.4, 0.5) is 0 Å². The van der Waals surface area contributed by atoms with E-state index < -0.39 is 0 Å². The van der Waals surface area contributed by atoms with Gasteiger partial charge in [-0.2, -0.15) is 5.26 Å². The number of hydrogen-bond donors (Lipinski definition) is 0. The number of hydrogen-bond acceptors (Lipinski definition) is 3. The minimum atomic E-state index is 0.0252.